The summed E-state index contributed by atoms with van der Waals surface area (Å²) >= 11 is 0. The van der Waals surface area contributed by atoms with Crippen molar-refractivity contribution >= 4 is 5.91 Å². The van der Waals surface area contributed by atoms with Gasteiger partial charge in [-0.3, -0.25) is 14.7 Å². The number of likely N-dealkylation sites (tertiary alicyclic amines) is 1. The van der Waals surface area contributed by atoms with Gasteiger partial charge in [0.15, 0.2) is 5.60 Å². The van der Waals surface area contributed by atoms with E-state index in [-0.39, 0.29) is 11.8 Å². The van der Waals surface area contributed by atoms with Gasteiger partial charge in [-0.05, 0) is 34.9 Å². The van der Waals surface area contributed by atoms with Crippen LogP contribution in [0.3, 0.4) is 0 Å². The van der Waals surface area contributed by atoms with Gasteiger partial charge in [0.05, 0.1) is 13.7 Å². The number of nitrogens with zero attached hydrogens (tertiary/aromatic N) is 3. The Kier molecular flexibility index (Phi) is 6.11. The molecular formula is C27H29N3O3. The molecule has 1 spiro atoms. The van der Waals surface area contributed by atoms with Crippen molar-refractivity contribution in [3.05, 3.63) is 95.8 Å². The van der Waals surface area contributed by atoms with E-state index in [0.29, 0.717) is 26.2 Å². The molecule has 2 aliphatic heterocycles. The number of amides is 1. The zero-order valence-electron chi connectivity index (χ0n) is 18.9. The van der Waals surface area contributed by atoms with Crippen LogP contribution in [0.1, 0.15) is 22.6 Å². The predicted molar refractivity (Wildman–Crippen MR) is 126 cm³/mol. The smallest absolute Gasteiger partial charge is 0.257 e. The van der Waals surface area contributed by atoms with Gasteiger partial charge in [-0.25, -0.2) is 0 Å². The molecule has 0 N–H and O–H groups in total. The molecule has 5 rings (SSSR count). The molecule has 0 bridgehead atoms. The SMILES string of the molecule is COc1ccc(CN2C[C@H](c3cccnc3)[C@]3(C2)OCCN(Cc2ccccc2)C3=O)cc1. The van der Waals surface area contributed by atoms with Crippen molar-refractivity contribution in [1.29, 1.82) is 0 Å². The van der Waals surface area contributed by atoms with Crippen molar-refractivity contribution in [3.63, 3.8) is 0 Å². The van der Waals surface area contributed by atoms with Gasteiger partial charge < -0.3 is 14.4 Å². The second kappa shape index (κ2) is 9.33. The first-order valence-corrected chi connectivity index (χ1v) is 11.4. The van der Waals surface area contributed by atoms with Crippen LogP contribution in [0, 0.1) is 0 Å². The first kappa shape index (κ1) is 21.6. The van der Waals surface area contributed by atoms with Crippen LogP contribution < -0.4 is 4.74 Å². The fourth-order valence-electron chi connectivity index (χ4n) is 5.07. The molecule has 0 aliphatic carbocycles. The minimum atomic E-state index is -0.900. The topological polar surface area (TPSA) is 54.9 Å². The van der Waals surface area contributed by atoms with Crippen LogP contribution in [0.25, 0.3) is 0 Å². The first-order valence-electron chi connectivity index (χ1n) is 11.4. The Bertz CT molecular complexity index is 1070. The zero-order chi connectivity index (χ0) is 22.7. The number of benzene rings is 2. The van der Waals surface area contributed by atoms with Crippen molar-refractivity contribution < 1.29 is 14.3 Å². The molecule has 1 aromatic heterocycles. The Balaban J connectivity index is 1.42. The van der Waals surface area contributed by atoms with E-state index in [1.807, 2.05) is 47.5 Å². The lowest BCUT2D eigenvalue weighted by Crippen LogP contribution is -2.59. The lowest BCUT2D eigenvalue weighted by atomic mass is 9.83. The lowest BCUT2D eigenvalue weighted by Gasteiger charge is -2.42. The van der Waals surface area contributed by atoms with Gasteiger partial charge in [0.25, 0.3) is 5.91 Å². The summed E-state index contributed by atoms with van der Waals surface area (Å²) in [5.74, 6) is 0.839. The third-order valence-electron chi connectivity index (χ3n) is 6.70. The van der Waals surface area contributed by atoms with E-state index in [1.165, 1.54) is 5.56 Å². The van der Waals surface area contributed by atoms with Crippen LogP contribution >= 0.6 is 0 Å². The number of ether oxygens (including phenoxy) is 2. The molecule has 1 amide bonds. The molecule has 0 saturated carbocycles. The molecule has 6 nitrogen and oxygen atoms in total. The third kappa shape index (κ3) is 4.36. The van der Waals surface area contributed by atoms with Crippen molar-refractivity contribution in [3.8, 4) is 5.75 Å². The Morgan fingerprint density at radius 2 is 1.82 bits per heavy atom. The summed E-state index contributed by atoms with van der Waals surface area (Å²) in [4.78, 5) is 22.6. The fraction of sp³-hybridized carbons (Fsp3) is 0.333. The molecule has 2 atom stereocenters. The van der Waals surface area contributed by atoms with Gasteiger partial charge in [-0.15, -0.1) is 0 Å². The molecule has 170 valence electrons. The van der Waals surface area contributed by atoms with Gasteiger partial charge in [0.2, 0.25) is 0 Å². The van der Waals surface area contributed by atoms with E-state index in [4.69, 9.17) is 9.47 Å². The number of pyridine rings is 1. The largest absolute Gasteiger partial charge is 0.497 e. The number of rotatable bonds is 6. The Labute approximate surface area is 194 Å². The van der Waals surface area contributed by atoms with Gasteiger partial charge in [-0.2, -0.15) is 0 Å². The van der Waals surface area contributed by atoms with Crippen molar-refractivity contribution in [2.75, 3.05) is 33.4 Å². The highest BCUT2D eigenvalue weighted by Gasteiger charge is 2.56. The third-order valence-corrected chi connectivity index (χ3v) is 6.70. The summed E-state index contributed by atoms with van der Waals surface area (Å²) in [5, 5.41) is 0. The molecule has 3 aromatic rings. The van der Waals surface area contributed by atoms with Crippen LogP contribution in [-0.2, 0) is 22.6 Å². The maximum atomic E-state index is 14.0. The van der Waals surface area contributed by atoms with E-state index in [1.54, 1.807) is 13.3 Å². The summed E-state index contributed by atoms with van der Waals surface area (Å²) in [6.07, 6.45) is 3.64. The van der Waals surface area contributed by atoms with Crippen molar-refractivity contribution in [2.45, 2.75) is 24.6 Å². The van der Waals surface area contributed by atoms with E-state index < -0.39 is 5.60 Å². The van der Waals surface area contributed by atoms with Gasteiger partial charge in [0.1, 0.15) is 5.75 Å². The molecule has 33 heavy (non-hydrogen) atoms. The maximum Gasteiger partial charge on any atom is 0.257 e. The molecule has 0 radical (unpaired) electrons. The summed E-state index contributed by atoms with van der Waals surface area (Å²) in [7, 11) is 1.67. The maximum absolute atomic E-state index is 14.0. The molecule has 0 unspecified atom stereocenters. The Morgan fingerprint density at radius 1 is 1.03 bits per heavy atom. The lowest BCUT2D eigenvalue weighted by molar-refractivity contribution is -0.173. The average molecular weight is 444 g/mol. The van der Waals surface area contributed by atoms with Crippen molar-refractivity contribution in [1.82, 2.24) is 14.8 Å². The standard InChI is InChI=1S/C27H29N3O3/c1-32-24-11-9-22(10-12-24)17-29-19-25(23-8-5-13-28-16-23)27(20-29)26(31)30(14-15-33-27)18-21-6-3-2-4-7-21/h2-13,16,25H,14-15,17-20H2,1H3/t25-,27+/m1/s1. The fourth-order valence-corrected chi connectivity index (χ4v) is 5.07. The summed E-state index contributed by atoms with van der Waals surface area (Å²) in [6.45, 7) is 3.78. The molecule has 3 heterocycles. The average Bonchev–Trinajstić information content (AvgIpc) is 3.22. The quantitative estimate of drug-likeness (QED) is 0.584. The minimum absolute atomic E-state index is 0.0729. The number of carbonyl (C=O) groups is 1. The second-order valence-corrected chi connectivity index (χ2v) is 8.81. The first-order chi connectivity index (χ1) is 16.2. The van der Waals surface area contributed by atoms with Gasteiger partial charge >= 0.3 is 0 Å². The van der Waals surface area contributed by atoms with Crippen LogP contribution in [-0.4, -0.2) is 59.6 Å². The number of hydrogen-bond donors (Lipinski definition) is 0. The monoisotopic (exact) mass is 443 g/mol. The molecule has 6 heteroatoms. The summed E-state index contributed by atoms with van der Waals surface area (Å²) in [6, 6.07) is 22.3. The number of carbonyl (C=O) groups excluding carboxylic acids is 1. The molecule has 2 fully saturated rings. The Morgan fingerprint density at radius 3 is 2.55 bits per heavy atom. The minimum Gasteiger partial charge on any atom is -0.497 e. The number of aromatic nitrogens is 1. The number of hydrogen-bond acceptors (Lipinski definition) is 5. The van der Waals surface area contributed by atoms with E-state index in [9.17, 15) is 4.79 Å². The van der Waals surface area contributed by atoms with E-state index in [2.05, 4.69) is 40.2 Å². The van der Waals surface area contributed by atoms with Crippen LogP contribution in [0.4, 0.5) is 0 Å². The van der Waals surface area contributed by atoms with Crippen LogP contribution in [0.2, 0.25) is 0 Å². The second-order valence-electron chi connectivity index (χ2n) is 8.81. The number of morpholine rings is 1. The van der Waals surface area contributed by atoms with Crippen LogP contribution in [0.15, 0.2) is 79.1 Å². The molecule has 2 saturated heterocycles. The van der Waals surface area contributed by atoms with E-state index >= 15 is 0 Å². The van der Waals surface area contributed by atoms with Gasteiger partial charge in [0, 0.05) is 51.0 Å². The predicted octanol–water partition coefficient (Wildman–Crippen LogP) is 3.49. The van der Waals surface area contributed by atoms with Crippen LogP contribution in [0.5, 0.6) is 5.75 Å². The molecule has 2 aliphatic rings. The highest BCUT2D eigenvalue weighted by atomic mass is 16.5. The number of methoxy groups -OCH3 is 1. The molecular weight excluding hydrogens is 414 g/mol. The molecule has 2 aromatic carbocycles. The normalized spacial score (nSPS) is 23.2. The summed E-state index contributed by atoms with van der Waals surface area (Å²) < 4.78 is 11.7. The summed E-state index contributed by atoms with van der Waals surface area (Å²) in [5.41, 5.74) is 2.46. The van der Waals surface area contributed by atoms with E-state index in [0.717, 1.165) is 30.0 Å². The Hall–Kier alpha value is -3.22. The highest BCUT2D eigenvalue weighted by molar-refractivity contribution is 5.88. The zero-order valence-corrected chi connectivity index (χ0v) is 18.9. The van der Waals surface area contributed by atoms with Crippen molar-refractivity contribution in [2.24, 2.45) is 0 Å². The highest BCUT2D eigenvalue weighted by Crippen LogP contribution is 2.42. The van der Waals surface area contributed by atoms with Gasteiger partial charge in [-0.1, -0.05) is 48.5 Å².